The topological polar surface area (TPSA) is 55.8 Å². The molecule has 116 valence electrons. The minimum Gasteiger partial charge on any atom is -0.490 e. The van der Waals surface area contributed by atoms with Crippen LogP contribution in [0.2, 0.25) is 0 Å². The lowest BCUT2D eigenvalue weighted by atomic mass is 10.1. The molecule has 4 heteroatoms. The van der Waals surface area contributed by atoms with Gasteiger partial charge in [-0.2, -0.15) is 0 Å². The molecule has 0 spiro atoms. The van der Waals surface area contributed by atoms with Crippen molar-refractivity contribution < 1.29 is 19.4 Å². The van der Waals surface area contributed by atoms with Gasteiger partial charge in [0.05, 0.1) is 5.56 Å². The van der Waals surface area contributed by atoms with Crippen molar-refractivity contribution >= 4 is 5.97 Å². The fourth-order valence-corrected chi connectivity index (χ4v) is 2.14. The molecule has 0 atom stereocenters. The Labute approximate surface area is 130 Å². The number of hydrogen-bond donors (Lipinski definition) is 1. The minimum absolute atomic E-state index is 0.245. The first-order valence-electron chi connectivity index (χ1n) is 7.15. The second-order valence-corrected chi connectivity index (χ2v) is 5.18. The average Bonchev–Trinajstić information content (AvgIpc) is 2.51. The third kappa shape index (κ3) is 3.79. The van der Waals surface area contributed by atoms with Crippen LogP contribution in [0.5, 0.6) is 11.5 Å². The van der Waals surface area contributed by atoms with E-state index in [-0.39, 0.29) is 5.56 Å². The Morgan fingerprint density at radius 2 is 1.50 bits per heavy atom. The SMILES string of the molecule is Cc1ccc(C)c(OCCOc2ccc(C(=O)O)cc2)c1C. The molecule has 1 N–H and O–H groups in total. The second-order valence-electron chi connectivity index (χ2n) is 5.18. The van der Waals surface area contributed by atoms with E-state index in [2.05, 4.69) is 13.0 Å². The summed E-state index contributed by atoms with van der Waals surface area (Å²) < 4.78 is 11.4. The Kier molecular flexibility index (Phi) is 5.04. The molecule has 0 saturated carbocycles. The van der Waals surface area contributed by atoms with E-state index >= 15 is 0 Å². The summed E-state index contributed by atoms with van der Waals surface area (Å²) in [6, 6.07) is 10.5. The zero-order valence-electron chi connectivity index (χ0n) is 13.1. The van der Waals surface area contributed by atoms with Crippen molar-refractivity contribution in [1.29, 1.82) is 0 Å². The maximum Gasteiger partial charge on any atom is 0.335 e. The van der Waals surface area contributed by atoms with Crippen molar-refractivity contribution in [2.75, 3.05) is 13.2 Å². The molecule has 22 heavy (non-hydrogen) atoms. The van der Waals surface area contributed by atoms with Gasteiger partial charge in [0.25, 0.3) is 0 Å². The van der Waals surface area contributed by atoms with E-state index in [1.807, 2.05) is 19.9 Å². The number of carboxylic acids is 1. The molecule has 0 saturated heterocycles. The summed E-state index contributed by atoms with van der Waals surface area (Å²) in [5, 5.41) is 8.83. The Morgan fingerprint density at radius 1 is 0.909 bits per heavy atom. The van der Waals surface area contributed by atoms with Crippen LogP contribution in [0.4, 0.5) is 0 Å². The van der Waals surface area contributed by atoms with Gasteiger partial charge in [-0.1, -0.05) is 12.1 Å². The molecule has 0 fully saturated rings. The maximum absolute atomic E-state index is 10.8. The Balaban J connectivity index is 1.87. The van der Waals surface area contributed by atoms with Crippen LogP contribution in [-0.2, 0) is 0 Å². The van der Waals surface area contributed by atoms with Crippen molar-refractivity contribution in [3.63, 3.8) is 0 Å². The van der Waals surface area contributed by atoms with Crippen LogP contribution in [0.3, 0.4) is 0 Å². The van der Waals surface area contributed by atoms with Crippen LogP contribution in [0, 0.1) is 20.8 Å². The second kappa shape index (κ2) is 6.98. The third-order valence-electron chi connectivity index (χ3n) is 3.57. The highest BCUT2D eigenvalue weighted by molar-refractivity contribution is 5.87. The fraction of sp³-hybridized carbons (Fsp3) is 0.278. The number of carbonyl (C=O) groups is 1. The standard InChI is InChI=1S/C18H20O4/c1-12-4-5-13(2)17(14(12)3)22-11-10-21-16-8-6-15(7-9-16)18(19)20/h4-9H,10-11H2,1-3H3,(H,19,20). The molecule has 0 heterocycles. The van der Waals surface area contributed by atoms with Gasteiger partial charge in [0.2, 0.25) is 0 Å². The smallest absolute Gasteiger partial charge is 0.335 e. The van der Waals surface area contributed by atoms with Gasteiger partial charge in [-0.25, -0.2) is 4.79 Å². The maximum atomic E-state index is 10.8. The predicted octanol–water partition coefficient (Wildman–Crippen LogP) is 3.77. The molecular formula is C18H20O4. The van der Waals surface area contributed by atoms with Crippen LogP contribution in [0.1, 0.15) is 27.0 Å². The number of hydrogen-bond acceptors (Lipinski definition) is 3. The number of ether oxygens (including phenoxy) is 2. The summed E-state index contributed by atoms with van der Waals surface area (Å²) >= 11 is 0. The average molecular weight is 300 g/mol. The molecule has 0 unspecified atom stereocenters. The summed E-state index contributed by atoms with van der Waals surface area (Å²) in [6.45, 7) is 6.96. The van der Waals surface area contributed by atoms with E-state index in [9.17, 15) is 4.79 Å². The van der Waals surface area contributed by atoms with E-state index in [1.165, 1.54) is 17.7 Å². The van der Waals surface area contributed by atoms with E-state index < -0.39 is 5.97 Å². The van der Waals surface area contributed by atoms with Crippen LogP contribution in [0.25, 0.3) is 0 Å². The lowest BCUT2D eigenvalue weighted by Crippen LogP contribution is -2.10. The highest BCUT2D eigenvalue weighted by atomic mass is 16.5. The molecule has 0 aliphatic rings. The minimum atomic E-state index is -0.944. The lowest BCUT2D eigenvalue weighted by Gasteiger charge is -2.14. The summed E-state index contributed by atoms with van der Waals surface area (Å²) in [4.78, 5) is 10.8. The molecule has 2 rings (SSSR count). The van der Waals surface area contributed by atoms with Gasteiger partial charge < -0.3 is 14.6 Å². The molecule has 0 radical (unpaired) electrons. The highest BCUT2D eigenvalue weighted by Crippen LogP contribution is 2.25. The van der Waals surface area contributed by atoms with Crippen molar-refractivity contribution in [2.24, 2.45) is 0 Å². The zero-order valence-corrected chi connectivity index (χ0v) is 13.1. The summed E-state index contributed by atoms with van der Waals surface area (Å²) in [5.74, 6) is 0.594. The molecule has 0 aliphatic heterocycles. The molecule has 0 bridgehead atoms. The first-order chi connectivity index (χ1) is 10.5. The molecule has 0 aromatic heterocycles. The van der Waals surface area contributed by atoms with Crippen molar-refractivity contribution in [1.82, 2.24) is 0 Å². The predicted molar refractivity (Wildman–Crippen MR) is 85.0 cm³/mol. The zero-order chi connectivity index (χ0) is 16.1. The molecule has 4 nitrogen and oxygen atoms in total. The van der Waals surface area contributed by atoms with Crippen LogP contribution >= 0.6 is 0 Å². The third-order valence-corrected chi connectivity index (χ3v) is 3.57. The van der Waals surface area contributed by atoms with E-state index in [4.69, 9.17) is 14.6 Å². The lowest BCUT2D eigenvalue weighted by molar-refractivity contribution is 0.0697. The van der Waals surface area contributed by atoms with Gasteiger partial charge in [0, 0.05) is 0 Å². The normalized spacial score (nSPS) is 10.3. The summed E-state index contributed by atoms with van der Waals surface area (Å²) in [5.41, 5.74) is 3.69. The molecule has 2 aromatic rings. The quantitative estimate of drug-likeness (QED) is 0.825. The van der Waals surface area contributed by atoms with Crippen molar-refractivity contribution in [2.45, 2.75) is 20.8 Å². The van der Waals surface area contributed by atoms with E-state index in [0.29, 0.717) is 19.0 Å². The van der Waals surface area contributed by atoms with Gasteiger partial charge in [0.15, 0.2) is 0 Å². The van der Waals surface area contributed by atoms with Crippen molar-refractivity contribution in [3.8, 4) is 11.5 Å². The Morgan fingerprint density at radius 3 is 2.14 bits per heavy atom. The van der Waals surface area contributed by atoms with Crippen LogP contribution < -0.4 is 9.47 Å². The van der Waals surface area contributed by atoms with E-state index in [1.54, 1.807) is 12.1 Å². The summed E-state index contributed by atoms with van der Waals surface area (Å²) in [7, 11) is 0. The number of aromatic carboxylic acids is 1. The van der Waals surface area contributed by atoms with Crippen molar-refractivity contribution in [3.05, 3.63) is 58.7 Å². The van der Waals surface area contributed by atoms with Crippen LogP contribution in [0.15, 0.2) is 36.4 Å². The highest BCUT2D eigenvalue weighted by Gasteiger charge is 2.06. The van der Waals surface area contributed by atoms with Gasteiger partial charge in [0.1, 0.15) is 24.7 Å². The summed E-state index contributed by atoms with van der Waals surface area (Å²) in [6.07, 6.45) is 0. The molecular weight excluding hydrogens is 280 g/mol. The number of aryl methyl sites for hydroxylation is 2. The van der Waals surface area contributed by atoms with E-state index in [0.717, 1.165) is 16.9 Å². The molecule has 0 aliphatic carbocycles. The number of benzene rings is 2. The Hall–Kier alpha value is -2.49. The Bertz CT molecular complexity index is 660. The van der Waals surface area contributed by atoms with Crippen LogP contribution in [-0.4, -0.2) is 24.3 Å². The van der Waals surface area contributed by atoms with Gasteiger partial charge in [-0.05, 0) is 61.7 Å². The largest absolute Gasteiger partial charge is 0.490 e. The fourth-order valence-electron chi connectivity index (χ4n) is 2.14. The first-order valence-corrected chi connectivity index (χ1v) is 7.15. The monoisotopic (exact) mass is 300 g/mol. The molecule has 0 amide bonds. The van der Waals surface area contributed by atoms with Gasteiger partial charge >= 0.3 is 5.97 Å². The van der Waals surface area contributed by atoms with Gasteiger partial charge in [-0.15, -0.1) is 0 Å². The number of rotatable bonds is 6. The molecule has 2 aromatic carbocycles. The number of carboxylic acid groups (broad SMARTS) is 1. The van der Waals surface area contributed by atoms with Gasteiger partial charge in [-0.3, -0.25) is 0 Å². The first kappa shape index (κ1) is 15.9.